The number of rotatable bonds is 8. The van der Waals surface area contributed by atoms with Crippen LogP contribution in [0.15, 0.2) is 0 Å². The van der Waals surface area contributed by atoms with Crippen molar-refractivity contribution in [3.63, 3.8) is 0 Å². The molecule has 0 aromatic carbocycles. The van der Waals surface area contributed by atoms with Gasteiger partial charge in [0.2, 0.25) is 5.82 Å². The molecule has 2 saturated heterocycles. The van der Waals surface area contributed by atoms with Crippen LogP contribution in [-0.2, 0) is 11.3 Å². The number of aromatic nitrogens is 4. The summed E-state index contributed by atoms with van der Waals surface area (Å²) in [6.45, 7) is 12.5. The molecule has 2 aliphatic rings. The molecule has 0 radical (unpaired) electrons. The highest BCUT2D eigenvalue weighted by molar-refractivity contribution is 4.88. The van der Waals surface area contributed by atoms with E-state index in [0.29, 0.717) is 6.04 Å². The van der Waals surface area contributed by atoms with Gasteiger partial charge in [-0.25, -0.2) is 4.68 Å². The molecule has 2 fully saturated rings. The number of hydrogen-bond donors (Lipinski definition) is 2. The molecule has 7 nitrogen and oxygen atoms in total. The van der Waals surface area contributed by atoms with Gasteiger partial charge in [0.15, 0.2) is 0 Å². The maximum absolute atomic E-state index is 5.79. The highest BCUT2D eigenvalue weighted by Gasteiger charge is 2.34. The lowest BCUT2D eigenvalue weighted by atomic mass is 10.1. The summed E-state index contributed by atoms with van der Waals surface area (Å²) >= 11 is 0. The Hall–Kier alpha value is -1.05. The van der Waals surface area contributed by atoms with Crippen LogP contribution in [0.1, 0.15) is 57.8 Å². The van der Waals surface area contributed by atoms with E-state index in [2.05, 4.69) is 29.4 Å². The SMILES string of the molecule is CCCC[C@@H](c1nnnn1C[C@H]1CCCO1)[NH+]1CC[NH+](CC)CC1. The molecule has 0 aliphatic carbocycles. The van der Waals surface area contributed by atoms with E-state index in [1.807, 2.05) is 4.68 Å². The van der Waals surface area contributed by atoms with Crippen LogP contribution >= 0.6 is 0 Å². The Kier molecular flexibility index (Phi) is 6.57. The largest absolute Gasteiger partial charge is 0.376 e. The summed E-state index contributed by atoms with van der Waals surface area (Å²) in [5.41, 5.74) is 0. The molecule has 3 heterocycles. The summed E-state index contributed by atoms with van der Waals surface area (Å²) < 4.78 is 7.82. The van der Waals surface area contributed by atoms with Gasteiger partial charge < -0.3 is 14.5 Å². The minimum absolute atomic E-state index is 0.287. The number of unbranched alkanes of at least 4 members (excludes halogenated alkanes) is 1. The van der Waals surface area contributed by atoms with E-state index in [4.69, 9.17) is 4.74 Å². The second-order valence-corrected chi connectivity index (χ2v) is 7.31. The Morgan fingerprint density at radius 3 is 2.75 bits per heavy atom. The Morgan fingerprint density at radius 2 is 2.08 bits per heavy atom. The van der Waals surface area contributed by atoms with Gasteiger partial charge in [-0.05, 0) is 36.6 Å². The van der Waals surface area contributed by atoms with Gasteiger partial charge in [0.25, 0.3) is 0 Å². The van der Waals surface area contributed by atoms with Crippen molar-refractivity contribution in [3.05, 3.63) is 5.82 Å². The summed E-state index contributed by atoms with van der Waals surface area (Å²) in [6, 6.07) is 0.430. The molecule has 7 heteroatoms. The van der Waals surface area contributed by atoms with Crippen LogP contribution in [0.5, 0.6) is 0 Å². The first-order valence-electron chi connectivity index (χ1n) is 9.87. The third kappa shape index (κ3) is 4.32. The average Bonchev–Trinajstić information content (AvgIpc) is 3.29. The lowest BCUT2D eigenvalue weighted by molar-refractivity contribution is -1.03. The standard InChI is InChI=1S/C17H32N6O/c1-3-5-8-16(22-11-9-21(4-2)10-12-22)17-18-19-20-23(17)14-15-7-6-13-24-15/h15-16H,3-14H2,1-2H3/p+2/t15-,16+/m1/s1. The Bertz CT molecular complexity index is 479. The molecule has 2 N–H and O–H groups in total. The molecule has 0 amide bonds. The lowest BCUT2D eigenvalue weighted by Gasteiger charge is -2.33. The first kappa shape index (κ1) is 17.8. The van der Waals surface area contributed by atoms with E-state index in [-0.39, 0.29) is 6.10 Å². The molecule has 136 valence electrons. The van der Waals surface area contributed by atoms with E-state index >= 15 is 0 Å². The summed E-state index contributed by atoms with van der Waals surface area (Å²) in [7, 11) is 0. The molecular weight excluding hydrogens is 304 g/mol. The average molecular weight is 339 g/mol. The molecule has 0 bridgehead atoms. The topological polar surface area (TPSA) is 61.7 Å². The maximum atomic E-state index is 5.79. The predicted octanol–water partition coefficient (Wildman–Crippen LogP) is -1.11. The molecule has 1 aromatic heterocycles. The molecule has 24 heavy (non-hydrogen) atoms. The van der Waals surface area contributed by atoms with Gasteiger partial charge in [0.1, 0.15) is 32.2 Å². The zero-order valence-electron chi connectivity index (χ0n) is 15.3. The van der Waals surface area contributed by atoms with E-state index in [1.165, 1.54) is 52.0 Å². The van der Waals surface area contributed by atoms with Gasteiger partial charge in [-0.3, -0.25) is 0 Å². The van der Waals surface area contributed by atoms with Gasteiger partial charge in [0, 0.05) is 13.0 Å². The third-order valence-electron chi connectivity index (χ3n) is 5.71. The summed E-state index contributed by atoms with van der Waals surface area (Å²) in [6.07, 6.45) is 6.22. The third-order valence-corrected chi connectivity index (χ3v) is 5.71. The van der Waals surface area contributed by atoms with Gasteiger partial charge >= 0.3 is 0 Å². The first-order valence-corrected chi connectivity index (χ1v) is 9.87. The van der Waals surface area contributed by atoms with Crippen molar-refractivity contribution in [2.24, 2.45) is 0 Å². The van der Waals surface area contributed by atoms with Crippen LogP contribution in [0.2, 0.25) is 0 Å². The summed E-state index contributed by atoms with van der Waals surface area (Å²) in [4.78, 5) is 3.40. The maximum Gasteiger partial charge on any atom is 0.209 e. The number of ether oxygens (including phenoxy) is 1. The van der Waals surface area contributed by atoms with Crippen molar-refractivity contribution in [1.82, 2.24) is 20.2 Å². The smallest absolute Gasteiger partial charge is 0.209 e. The second-order valence-electron chi connectivity index (χ2n) is 7.31. The van der Waals surface area contributed by atoms with Crippen LogP contribution < -0.4 is 9.80 Å². The Balaban J connectivity index is 1.70. The van der Waals surface area contributed by atoms with Gasteiger partial charge in [-0.2, -0.15) is 0 Å². The molecular formula is C17H34N6O+2. The highest BCUT2D eigenvalue weighted by atomic mass is 16.5. The number of nitrogens with zero attached hydrogens (tertiary/aromatic N) is 4. The quantitative estimate of drug-likeness (QED) is 0.631. The zero-order chi connectivity index (χ0) is 16.8. The van der Waals surface area contributed by atoms with E-state index in [9.17, 15) is 0 Å². The van der Waals surface area contributed by atoms with Crippen molar-refractivity contribution >= 4 is 0 Å². The van der Waals surface area contributed by atoms with Crippen molar-refractivity contribution in [2.45, 2.75) is 64.6 Å². The molecule has 0 unspecified atom stereocenters. The fraction of sp³-hybridized carbons (Fsp3) is 0.941. The van der Waals surface area contributed by atoms with Crippen LogP contribution in [0.25, 0.3) is 0 Å². The van der Waals surface area contributed by atoms with Crippen molar-refractivity contribution in [3.8, 4) is 0 Å². The molecule has 0 spiro atoms. The van der Waals surface area contributed by atoms with Crippen molar-refractivity contribution < 1.29 is 14.5 Å². The lowest BCUT2D eigenvalue weighted by Crippen LogP contribution is -3.28. The van der Waals surface area contributed by atoms with Crippen LogP contribution in [-0.4, -0.2) is 65.6 Å². The van der Waals surface area contributed by atoms with Crippen LogP contribution in [0.4, 0.5) is 0 Å². The van der Waals surface area contributed by atoms with E-state index < -0.39 is 0 Å². The van der Waals surface area contributed by atoms with Crippen LogP contribution in [0, 0.1) is 0 Å². The number of hydrogen-bond acceptors (Lipinski definition) is 4. The normalized spacial score (nSPS) is 29.0. The Labute approximate surface area is 145 Å². The number of piperazine rings is 1. The van der Waals surface area contributed by atoms with E-state index in [1.54, 1.807) is 9.80 Å². The molecule has 2 atom stereocenters. The monoisotopic (exact) mass is 338 g/mol. The van der Waals surface area contributed by atoms with Gasteiger partial charge in [0.05, 0.1) is 19.2 Å². The fourth-order valence-electron chi connectivity index (χ4n) is 4.12. The number of likely N-dealkylation sites (N-methyl/N-ethyl adjacent to an activating group) is 1. The molecule has 1 aromatic rings. The summed E-state index contributed by atoms with van der Waals surface area (Å²) in [5.74, 6) is 1.08. The fourth-order valence-corrected chi connectivity index (χ4v) is 4.12. The highest BCUT2D eigenvalue weighted by Crippen LogP contribution is 2.18. The number of quaternary nitrogens is 2. The minimum Gasteiger partial charge on any atom is -0.376 e. The van der Waals surface area contributed by atoms with Gasteiger partial charge in [-0.15, -0.1) is 5.10 Å². The minimum atomic E-state index is 0.287. The zero-order valence-corrected chi connectivity index (χ0v) is 15.3. The summed E-state index contributed by atoms with van der Waals surface area (Å²) in [5, 5.41) is 12.7. The molecule has 3 rings (SSSR count). The number of nitrogens with one attached hydrogen (secondary N) is 2. The van der Waals surface area contributed by atoms with Crippen molar-refractivity contribution in [1.29, 1.82) is 0 Å². The molecule has 0 saturated carbocycles. The predicted molar refractivity (Wildman–Crippen MR) is 91.0 cm³/mol. The molecule has 2 aliphatic heterocycles. The second kappa shape index (κ2) is 8.87. The number of tetrazole rings is 1. The van der Waals surface area contributed by atoms with E-state index in [0.717, 1.165) is 31.8 Å². The van der Waals surface area contributed by atoms with Gasteiger partial charge in [-0.1, -0.05) is 13.3 Å². The van der Waals surface area contributed by atoms with Crippen LogP contribution in [0.3, 0.4) is 0 Å². The van der Waals surface area contributed by atoms with Crippen molar-refractivity contribution in [2.75, 3.05) is 39.3 Å². The Morgan fingerprint density at radius 1 is 1.25 bits per heavy atom. The first-order chi connectivity index (χ1) is 11.8.